The molecular formula is C20H21NO4. The molecule has 3 rings (SSSR count). The zero-order chi connectivity index (χ0) is 17.9. The van der Waals surface area contributed by atoms with Crippen molar-refractivity contribution in [1.82, 2.24) is 5.32 Å². The van der Waals surface area contributed by atoms with E-state index in [4.69, 9.17) is 9.15 Å². The van der Waals surface area contributed by atoms with E-state index in [2.05, 4.69) is 23.2 Å². The molecule has 0 bridgehead atoms. The zero-order valence-electron chi connectivity index (χ0n) is 14.3. The van der Waals surface area contributed by atoms with Gasteiger partial charge in [0.15, 0.2) is 11.5 Å². The van der Waals surface area contributed by atoms with Crippen molar-refractivity contribution in [3.8, 4) is 11.8 Å². The van der Waals surface area contributed by atoms with Crippen LogP contribution in [0.1, 0.15) is 47.4 Å². The maximum Gasteiger partial charge on any atom is 0.287 e. The molecule has 1 atom stereocenters. The quantitative estimate of drug-likeness (QED) is 0.843. The van der Waals surface area contributed by atoms with Crippen LogP contribution in [0, 0.1) is 11.8 Å². The number of rotatable bonds is 3. The van der Waals surface area contributed by atoms with Gasteiger partial charge in [0.2, 0.25) is 0 Å². The average Bonchev–Trinajstić information content (AvgIpc) is 3.06. The average molecular weight is 339 g/mol. The van der Waals surface area contributed by atoms with E-state index in [0.29, 0.717) is 18.9 Å². The summed E-state index contributed by atoms with van der Waals surface area (Å²) < 4.78 is 11.2. The van der Waals surface area contributed by atoms with Gasteiger partial charge in [0, 0.05) is 6.54 Å². The van der Waals surface area contributed by atoms with Gasteiger partial charge in [-0.2, -0.15) is 0 Å². The highest BCUT2D eigenvalue weighted by molar-refractivity contribution is 5.91. The van der Waals surface area contributed by atoms with E-state index in [1.165, 1.54) is 5.56 Å². The van der Waals surface area contributed by atoms with E-state index in [0.717, 1.165) is 12.0 Å². The van der Waals surface area contributed by atoms with Gasteiger partial charge in [0.25, 0.3) is 5.91 Å². The molecule has 1 aliphatic rings. The fourth-order valence-electron chi connectivity index (χ4n) is 2.66. The van der Waals surface area contributed by atoms with Crippen LogP contribution in [0.5, 0.6) is 0 Å². The second kappa shape index (κ2) is 7.14. The molecule has 25 heavy (non-hydrogen) atoms. The minimum Gasteiger partial charge on any atom is -0.443 e. The van der Waals surface area contributed by atoms with Crippen LogP contribution in [0.25, 0.3) is 0 Å². The van der Waals surface area contributed by atoms with Gasteiger partial charge in [-0.15, -0.1) is 0 Å². The molecule has 1 aromatic heterocycles. The number of carbonyl (C=O) groups is 1. The number of hydrogen-bond donors (Lipinski definition) is 2. The number of furan rings is 1. The molecule has 2 N–H and O–H groups in total. The van der Waals surface area contributed by atoms with Crippen LogP contribution in [0.2, 0.25) is 0 Å². The molecule has 1 aliphatic heterocycles. The van der Waals surface area contributed by atoms with Crippen LogP contribution in [-0.2, 0) is 11.2 Å². The van der Waals surface area contributed by atoms with Crippen molar-refractivity contribution >= 4 is 5.91 Å². The third-order valence-electron chi connectivity index (χ3n) is 3.86. The third kappa shape index (κ3) is 4.50. The molecular weight excluding hydrogens is 318 g/mol. The summed E-state index contributed by atoms with van der Waals surface area (Å²) in [5, 5.41) is 12.4. The van der Waals surface area contributed by atoms with Crippen LogP contribution in [0.4, 0.5) is 0 Å². The summed E-state index contributed by atoms with van der Waals surface area (Å²) in [6.07, 6.45) is 0.737. The van der Waals surface area contributed by atoms with Gasteiger partial charge < -0.3 is 19.6 Å². The number of fused-ring (bicyclic) bond motifs is 1. The van der Waals surface area contributed by atoms with Crippen molar-refractivity contribution in [3.05, 3.63) is 59.0 Å². The van der Waals surface area contributed by atoms with Crippen LogP contribution in [0.15, 0.2) is 40.8 Å². The van der Waals surface area contributed by atoms with Crippen LogP contribution < -0.4 is 5.32 Å². The van der Waals surface area contributed by atoms with Crippen LogP contribution in [0.3, 0.4) is 0 Å². The molecule has 2 heterocycles. The minimum atomic E-state index is -1.11. The zero-order valence-corrected chi connectivity index (χ0v) is 14.3. The third-order valence-corrected chi connectivity index (χ3v) is 3.86. The molecule has 0 saturated heterocycles. The van der Waals surface area contributed by atoms with Crippen molar-refractivity contribution in [1.29, 1.82) is 0 Å². The largest absolute Gasteiger partial charge is 0.443 e. The first kappa shape index (κ1) is 17.3. The maximum atomic E-state index is 12.3. The minimum absolute atomic E-state index is 0.154. The van der Waals surface area contributed by atoms with E-state index in [9.17, 15) is 9.90 Å². The number of benzene rings is 1. The Morgan fingerprint density at radius 2 is 2.12 bits per heavy atom. The predicted octanol–water partition coefficient (Wildman–Crippen LogP) is 2.45. The van der Waals surface area contributed by atoms with Crippen molar-refractivity contribution in [2.24, 2.45) is 0 Å². The summed E-state index contributed by atoms with van der Waals surface area (Å²) in [5.41, 5.74) is 1.27. The molecule has 1 aromatic carbocycles. The first-order chi connectivity index (χ1) is 11.9. The Bertz CT molecular complexity index is 820. The number of hydrogen-bond acceptors (Lipinski definition) is 4. The van der Waals surface area contributed by atoms with Gasteiger partial charge in [0.05, 0.1) is 6.61 Å². The first-order valence-electron chi connectivity index (χ1n) is 8.25. The van der Waals surface area contributed by atoms with E-state index in [-0.39, 0.29) is 17.8 Å². The molecule has 1 amide bonds. The van der Waals surface area contributed by atoms with Crippen molar-refractivity contribution < 1.29 is 19.1 Å². The molecule has 0 fully saturated rings. The number of amides is 1. The Morgan fingerprint density at radius 1 is 1.32 bits per heavy atom. The van der Waals surface area contributed by atoms with Gasteiger partial charge in [-0.3, -0.25) is 4.79 Å². The second-order valence-corrected chi connectivity index (χ2v) is 6.49. The predicted molar refractivity (Wildman–Crippen MR) is 93.1 cm³/mol. The normalized spacial score (nSPS) is 16.5. The first-order valence-corrected chi connectivity index (χ1v) is 8.25. The van der Waals surface area contributed by atoms with Gasteiger partial charge in [0.1, 0.15) is 11.7 Å². The highest BCUT2D eigenvalue weighted by atomic mass is 16.5. The highest BCUT2D eigenvalue weighted by Crippen LogP contribution is 2.26. The van der Waals surface area contributed by atoms with Crippen LogP contribution >= 0.6 is 0 Å². The summed E-state index contributed by atoms with van der Waals surface area (Å²) >= 11 is 0. The van der Waals surface area contributed by atoms with Gasteiger partial charge in [-0.25, -0.2) is 0 Å². The lowest BCUT2D eigenvalue weighted by atomic mass is 9.97. The smallest absolute Gasteiger partial charge is 0.287 e. The SMILES string of the molecule is CC(C)(O)C#Cc1ccc(C(=O)NC[C@@H]2OCCc3ccccc32)o1. The highest BCUT2D eigenvalue weighted by Gasteiger charge is 2.21. The van der Waals surface area contributed by atoms with Crippen molar-refractivity contribution in [2.75, 3.05) is 13.2 Å². The van der Waals surface area contributed by atoms with Crippen LogP contribution in [-0.4, -0.2) is 29.8 Å². The topological polar surface area (TPSA) is 71.7 Å². The summed E-state index contributed by atoms with van der Waals surface area (Å²) in [6, 6.07) is 11.3. The van der Waals surface area contributed by atoms with Crippen molar-refractivity contribution in [2.45, 2.75) is 32.0 Å². The summed E-state index contributed by atoms with van der Waals surface area (Å²) in [5.74, 6) is 5.56. The monoisotopic (exact) mass is 339 g/mol. The number of aliphatic hydroxyl groups is 1. The standard InChI is InChI=1S/C20H21NO4/c1-20(2,23)11-9-15-7-8-17(25-15)19(22)21-13-18-16-6-4-3-5-14(16)10-12-24-18/h3-8,18,23H,10,12-13H2,1-2H3,(H,21,22)/t18-/m0/s1. The van der Waals surface area contributed by atoms with Gasteiger partial charge >= 0.3 is 0 Å². The Balaban J connectivity index is 1.62. The molecule has 0 unspecified atom stereocenters. The fraction of sp³-hybridized carbons (Fsp3) is 0.350. The van der Waals surface area contributed by atoms with E-state index < -0.39 is 5.60 Å². The lowest BCUT2D eigenvalue weighted by Crippen LogP contribution is -2.31. The van der Waals surface area contributed by atoms with E-state index >= 15 is 0 Å². The second-order valence-electron chi connectivity index (χ2n) is 6.49. The number of nitrogens with one attached hydrogen (secondary N) is 1. The van der Waals surface area contributed by atoms with E-state index in [1.807, 2.05) is 18.2 Å². The van der Waals surface area contributed by atoms with Crippen molar-refractivity contribution in [3.63, 3.8) is 0 Å². The summed E-state index contributed by atoms with van der Waals surface area (Å²) in [7, 11) is 0. The lowest BCUT2D eigenvalue weighted by Gasteiger charge is -2.26. The number of ether oxygens (including phenoxy) is 1. The molecule has 5 heteroatoms. The van der Waals surface area contributed by atoms with Gasteiger partial charge in [-0.1, -0.05) is 30.2 Å². The summed E-state index contributed by atoms with van der Waals surface area (Å²) in [4.78, 5) is 12.3. The Labute approximate surface area is 147 Å². The maximum absolute atomic E-state index is 12.3. The van der Waals surface area contributed by atoms with E-state index in [1.54, 1.807) is 26.0 Å². The Hall–Kier alpha value is -2.55. The molecule has 0 spiro atoms. The number of carbonyl (C=O) groups excluding carboxylic acids is 1. The Morgan fingerprint density at radius 3 is 2.92 bits per heavy atom. The Kier molecular flexibility index (Phi) is 4.93. The fourth-order valence-corrected chi connectivity index (χ4v) is 2.66. The molecule has 0 aliphatic carbocycles. The lowest BCUT2D eigenvalue weighted by molar-refractivity contribution is 0.0408. The van der Waals surface area contributed by atoms with Gasteiger partial charge in [-0.05, 0) is 49.4 Å². The molecule has 0 saturated carbocycles. The summed E-state index contributed by atoms with van der Waals surface area (Å²) in [6.45, 7) is 4.19. The molecule has 0 radical (unpaired) electrons. The molecule has 2 aromatic rings. The molecule has 5 nitrogen and oxygen atoms in total. The molecule has 130 valence electrons.